The molecule has 4 rings (SSSR count). The molecular formula is C23H23N5O7S3. The second-order valence-corrected chi connectivity index (χ2v) is 11.9. The zero-order valence-corrected chi connectivity index (χ0v) is 22.5. The van der Waals surface area contributed by atoms with Crippen molar-refractivity contribution in [3.8, 4) is 0 Å². The fourth-order valence-electron chi connectivity index (χ4n) is 3.33. The Hall–Kier alpha value is -3.37. The fourth-order valence-corrected chi connectivity index (χ4v) is 6.29. The van der Waals surface area contributed by atoms with Crippen LogP contribution in [0, 0.1) is 0 Å². The summed E-state index contributed by atoms with van der Waals surface area (Å²) in [5.41, 5.74) is 1.16. The predicted octanol–water partition coefficient (Wildman–Crippen LogP) is 2.33. The van der Waals surface area contributed by atoms with Gasteiger partial charge in [-0.15, -0.1) is 10.2 Å². The third kappa shape index (κ3) is 6.93. The van der Waals surface area contributed by atoms with Crippen LogP contribution in [0.4, 0.5) is 10.8 Å². The molecule has 0 saturated carbocycles. The van der Waals surface area contributed by atoms with Gasteiger partial charge in [0.1, 0.15) is 0 Å². The molecule has 15 heteroatoms. The summed E-state index contributed by atoms with van der Waals surface area (Å²) in [4.78, 5) is 36.4. The van der Waals surface area contributed by atoms with E-state index in [1.165, 1.54) is 35.7 Å². The number of ether oxygens (including phenoxy) is 2. The van der Waals surface area contributed by atoms with Gasteiger partial charge in [-0.1, -0.05) is 23.1 Å². The van der Waals surface area contributed by atoms with E-state index in [2.05, 4.69) is 25.6 Å². The van der Waals surface area contributed by atoms with Gasteiger partial charge in [0.2, 0.25) is 21.1 Å². The Balaban J connectivity index is 1.27. The van der Waals surface area contributed by atoms with Gasteiger partial charge < -0.3 is 14.8 Å². The molecule has 3 aromatic rings. The van der Waals surface area contributed by atoms with Crippen LogP contribution in [0.3, 0.4) is 0 Å². The number of amides is 2. The van der Waals surface area contributed by atoms with Crippen molar-refractivity contribution in [3.63, 3.8) is 0 Å². The molecule has 1 aliphatic heterocycles. The number of anilines is 2. The Morgan fingerprint density at radius 2 is 1.66 bits per heavy atom. The number of esters is 1. The van der Waals surface area contributed by atoms with Crippen molar-refractivity contribution < 1.29 is 32.3 Å². The number of hydrogen-bond acceptors (Lipinski definition) is 11. The molecule has 0 spiro atoms. The first-order valence-corrected chi connectivity index (χ1v) is 14.4. The van der Waals surface area contributed by atoms with E-state index in [0.717, 1.165) is 23.1 Å². The average Bonchev–Trinajstić information content (AvgIpc) is 3.39. The van der Waals surface area contributed by atoms with Crippen molar-refractivity contribution in [1.29, 1.82) is 0 Å². The van der Waals surface area contributed by atoms with Gasteiger partial charge in [-0.2, -0.15) is 4.31 Å². The molecule has 2 N–H and O–H groups in total. The monoisotopic (exact) mass is 577 g/mol. The van der Waals surface area contributed by atoms with E-state index in [1.807, 2.05) is 0 Å². The van der Waals surface area contributed by atoms with Gasteiger partial charge in [0, 0.05) is 24.3 Å². The number of aromatic nitrogens is 2. The molecule has 1 fully saturated rings. The third-order valence-electron chi connectivity index (χ3n) is 5.27. The maximum atomic E-state index is 12.7. The minimum Gasteiger partial charge on any atom is -0.465 e. The highest BCUT2D eigenvalue weighted by Gasteiger charge is 2.26. The quantitative estimate of drug-likeness (QED) is 0.220. The van der Waals surface area contributed by atoms with Crippen LogP contribution in [0.1, 0.15) is 20.7 Å². The predicted molar refractivity (Wildman–Crippen MR) is 141 cm³/mol. The number of nitrogens with zero attached hydrogens (tertiary/aromatic N) is 3. The SMILES string of the molecule is COC(=O)c1ccc(NC(=O)CSc2nnc(NC(=O)c3ccc(S(=O)(=O)N4CCOCC4)cc3)s2)cc1. The molecule has 2 aromatic carbocycles. The Morgan fingerprint density at radius 1 is 1.00 bits per heavy atom. The summed E-state index contributed by atoms with van der Waals surface area (Å²) < 4.78 is 37.1. The van der Waals surface area contributed by atoms with Crippen molar-refractivity contribution in [2.24, 2.45) is 0 Å². The first-order valence-electron chi connectivity index (χ1n) is 11.2. The summed E-state index contributed by atoms with van der Waals surface area (Å²) in [5, 5.41) is 13.5. The number of sulfonamides is 1. The van der Waals surface area contributed by atoms with Gasteiger partial charge in [0.05, 0.1) is 36.5 Å². The van der Waals surface area contributed by atoms with Gasteiger partial charge in [-0.05, 0) is 48.5 Å². The Bertz CT molecular complexity index is 1400. The van der Waals surface area contributed by atoms with Crippen LogP contribution >= 0.6 is 23.1 Å². The number of thioether (sulfide) groups is 1. The van der Waals surface area contributed by atoms with Crippen LogP contribution in [0.2, 0.25) is 0 Å². The van der Waals surface area contributed by atoms with Crippen molar-refractivity contribution in [2.45, 2.75) is 9.24 Å². The molecule has 200 valence electrons. The molecule has 2 amide bonds. The van der Waals surface area contributed by atoms with Crippen molar-refractivity contribution in [2.75, 3.05) is 49.8 Å². The Morgan fingerprint density at radius 3 is 2.32 bits per heavy atom. The molecule has 2 heterocycles. The lowest BCUT2D eigenvalue weighted by atomic mass is 10.2. The summed E-state index contributed by atoms with van der Waals surface area (Å²) in [6, 6.07) is 11.9. The molecular weight excluding hydrogens is 554 g/mol. The zero-order valence-electron chi connectivity index (χ0n) is 20.1. The molecule has 0 bridgehead atoms. The van der Waals surface area contributed by atoms with Crippen LogP contribution in [-0.2, 0) is 24.3 Å². The number of methoxy groups -OCH3 is 1. The minimum atomic E-state index is -3.65. The lowest BCUT2D eigenvalue weighted by molar-refractivity contribution is -0.113. The molecule has 1 aromatic heterocycles. The fraction of sp³-hybridized carbons (Fsp3) is 0.261. The number of rotatable bonds is 9. The molecule has 0 aliphatic carbocycles. The van der Waals surface area contributed by atoms with Crippen molar-refractivity contribution in [3.05, 3.63) is 59.7 Å². The molecule has 0 radical (unpaired) electrons. The molecule has 12 nitrogen and oxygen atoms in total. The molecule has 0 unspecified atom stereocenters. The van der Waals surface area contributed by atoms with Crippen molar-refractivity contribution >= 4 is 61.7 Å². The highest BCUT2D eigenvalue weighted by atomic mass is 32.2. The second-order valence-electron chi connectivity index (χ2n) is 7.77. The zero-order chi connectivity index (χ0) is 27.1. The standard InChI is InChI=1S/C23H23N5O7S3/c1-34-21(31)16-2-6-17(7-3-16)24-19(29)14-36-23-27-26-22(37-23)25-20(30)15-4-8-18(9-5-15)38(32,33)28-10-12-35-13-11-28/h2-9H,10-14H2,1H3,(H,24,29)(H,25,26,30). The van der Waals surface area contributed by atoms with Gasteiger partial charge in [-0.25, -0.2) is 13.2 Å². The lowest BCUT2D eigenvalue weighted by Gasteiger charge is -2.26. The summed E-state index contributed by atoms with van der Waals surface area (Å²) >= 11 is 2.25. The highest BCUT2D eigenvalue weighted by molar-refractivity contribution is 8.01. The largest absolute Gasteiger partial charge is 0.465 e. The van der Waals surface area contributed by atoms with Crippen LogP contribution in [0.15, 0.2) is 57.8 Å². The normalized spacial score (nSPS) is 14.0. The lowest BCUT2D eigenvalue weighted by Crippen LogP contribution is -2.40. The molecule has 1 aliphatic rings. The summed E-state index contributed by atoms with van der Waals surface area (Å²) in [6.07, 6.45) is 0. The van der Waals surface area contributed by atoms with E-state index >= 15 is 0 Å². The van der Waals surface area contributed by atoms with Crippen LogP contribution in [-0.4, -0.2) is 79.9 Å². The number of carbonyl (C=O) groups excluding carboxylic acids is 3. The topological polar surface area (TPSA) is 157 Å². The van der Waals surface area contributed by atoms with E-state index < -0.39 is 21.9 Å². The summed E-state index contributed by atoms with van der Waals surface area (Å²) in [6.45, 7) is 1.26. The highest BCUT2D eigenvalue weighted by Crippen LogP contribution is 2.26. The smallest absolute Gasteiger partial charge is 0.337 e. The molecule has 38 heavy (non-hydrogen) atoms. The van der Waals surface area contributed by atoms with E-state index in [-0.39, 0.29) is 40.3 Å². The van der Waals surface area contributed by atoms with Gasteiger partial charge in [0.25, 0.3) is 5.91 Å². The molecule has 0 atom stereocenters. The second kappa shape index (κ2) is 12.4. The average molecular weight is 578 g/mol. The maximum absolute atomic E-state index is 12.7. The summed E-state index contributed by atoms with van der Waals surface area (Å²) in [7, 11) is -2.36. The van der Waals surface area contributed by atoms with Gasteiger partial charge in [0.15, 0.2) is 4.34 Å². The van der Waals surface area contributed by atoms with E-state index in [1.54, 1.807) is 24.3 Å². The van der Waals surface area contributed by atoms with E-state index in [9.17, 15) is 22.8 Å². The van der Waals surface area contributed by atoms with Crippen LogP contribution in [0.25, 0.3) is 0 Å². The number of morpholine rings is 1. The first-order chi connectivity index (χ1) is 18.3. The number of carbonyl (C=O) groups is 3. The Labute approximate surface area is 226 Å². The molecule has 1 saturated heterocycles. The van der Waals surface area contributed by atoms with E-state index in [0.29, 0.717) is 28.8 Å². The van der Waals surface area contributed by atoms with Crippen LogP contribution in [0.5, 0.6) is 0 Å². The first kappa shape index (κ1) is 27.7. The van der Waals surface area contributed by atoms with Crippen molar-refractivity contribution in [1.82, 2.24) is 14.5 Å². The maximum Gasteiger partial charge on any atom is 0.337 e. The Kier molecular flexibility index (Phi) is 9.06. The number of benzene rings is 2. The van der Waals surface area contributed by atoms with E-state index in [4.69, 9.17) is 4.74 Å². The van der Waals surface area contributed by atoms with Gasteiger partial charge >= 0.3 is 5.97 Å². The summed E-state index contributed by atoms with van der Waals surface area (Å²) in [5.74, 6) is -1.17. The van der Waals surface area contributed by atoms with Crippen LogP contribution < -0.4 is 10.6 Å². The third-order valence-corrected chi connectivity index (χ3v) is 9.15. The number of nitrogens with one attached hydrogen (secondary N) is 2. The minimum absolute atomic E-state index is 0.0560. The number of hydrogen-bond donors (Lipinski definition) is 2. The van der Waals surface area contributed by atoms with Gasteiger partial charge in [-0.3, -0.25) is 14.9 Å².